The quantitative estimate of drug-likeness (QED) is 0.293. The van der Waals surface area contributed by atoms with Gasteiger partial charge in [-0.05, 0) is 25.7 Å². The van der Waals surface area contributed by atoms with Gasteiger partial charge in [0, 0.05) is 33.2 Å². The highest BCUT2D eigenvalue weighted by Crippen LogP contribution is 2.06. The Morgan fingerprint density at radius 1 is 0.714 bits per heavy atom. The predicted octanol–water partition coefficient (Wildman–Crippen LogP) is 4.78. The Hall–Kier alpha value is -0.730. The lowest BCUT2D eigenvalue weighted by atomic mass is 10.2. The predicted molar refractivity (Wildman–Crippen MR) is 96.1 cm³/mol. The van der Waals surface area contributed by atoms with Gasteiger partial charge >= 0.3 is 0 Å². The van der Waals surface area contributed by atoms with Crippen molar-refractivity contribution in [3.8, 4) is 0 Å². The van der Waals surface area contributed by atoms with E-state index in [0.717, 1.165) is 26.2 Å². The van der Waals surface area contributed by atoms with Gasteiger partial charge < -0.3 is 9.80 Å². The maximum Gasteiger partial charge on any atom is 0.196 e. The van der Waals surface area contributed by atoms with Gasteiger partial charge in [-0.15, -0.1) is 0 Å². The van der Waals surface area contributed by atoms with Gasteiger partial charge in [0.1, 0.15) is 0 Å². The summed E-state index contributed by atoms with van der Waals surface area (Å²) in [6.07, 6.45) is 9.94. The van der Waals surface area contributed by atoms with E-state index in [4.69, 9.17) is 4.99 Å². The van der Waals surface area contributed by atoms with E-state index in [1.54, 1.807) is 0 Å². The second-order valence-electron chi connectivity index (χ2n) is 6.00. The van der Waals surface area contributed by atoms with E-state index >= 15 is 0 Å². The number of aliphatic imine (C=N–C) groups is 1. The highest BCUT2D eigenvalue weighted by molar-refractivity contribution is 5.80. The minimum Gasteiger partial charge on any atom is -0.346 e. The third kappa shape index (κ3) is 9.76. The molecule has 0 saturated carbocycles. The molecule has 0 aromatic heterocycles. The Morgan fingerprint density at radius 2 is 1.19 bits per heavy atom. The number of hydrogen-bond donors (Lipinski definition) is 0. The highest BCUT2D eigenvalue weighted by Gasteiger charge is 2.14. The average molecular weight is 298 g/mol. The van der Waals surface area contributed by atoms with Crippen LogP contribution in [-0.4, -0.2) is 49.0 Å². The smallest absolute Gasteiger partial charge is 0.196 e. The molecular formula is C18H39N3. The van der Waals surface area contributed by atoms with E-state index in [-0.39, 0.29) is 0 Å². The Bertz CT molecular complexity index is 243. The van der Waals surface area contributed by atoms with Crippen molar-refractivity contribution >= 4 is 5.96 Å². The molecule has 0 N–H and O–H groups in total. The molecule has 0 atom stereocenters. The van der Waals surface area contributed by atoms with E-state index < -0.39 is 0 Å². The number of unbranched alkanes of at least 4 members (excludes halogenated alkanes) is 4. The topological polar surface area (TPSA) is 18.8 Å². The molecule has 0 heterocycles. The van der Waals surface area contributed by atoms with Gasteiger partial charge in [-0.1, -0.05) is 53.4 Å². The van der Waals surface area contributed by atoms with Crippen LogP contribution < -0.4 is 0 Å². The minimum absolute atomic E-state index is 0.969. The van der Waals surface area contributed by atoms with Crippen molar-refractivity contribution in [2.24, 2.45) is 4.99 Å². The number of rotatable bonds is 12. The van der Waals surface area contributed by atoms with Crippen LogP contribution in [0.3, 0.4) is 0 Å². The summed E-state index contributed by atoms with van der Waals surface area (Å²) < 4.78 is 0. The Labute approximate surface area is 133 Å². The second-order valence-corrected chi connectivity index (χ2v) is 6.00. The van der Waals surface area contributed by atoms with Crippen LogP contribution in [0.15, 0.2) is 4.99 Å². The zero-order valence-electron chi connectivity index (χ0n) is 15.3. The van der Waals surface area contributed by atoms with Crippen LogP contribution in [0.4, 0.5) is 0 Å². The van der Waals surface area contributed by atoms with Gasteiger partial charge in [0.25, 0.3) is 0 Å². The first-order valence-electron chi connectivity index (χ1n) is 9.21. The normalized spacial score (nSPS) is 11.8. The molecule has 0 fully saturated rings. The van der Waals surface area contributed by atoms with Gasteiger partial charge in [-0.3, -0.25) is 4.99 Å². The number of hydrogen-bond acceptors (Lipinski definition) is 1. The van der Waals surface area contributed by atoms with Crippen molar-refractivity contribution in [2.75, 3.05) is 33.2 Å². The molecule has 0 aliphatic rings. The molecule has 0 spiro atoms. The monoisotopic (exact) mass is 297 g/mol. The van der Waals surface area contributed by atoms with E-state index in [1.165, 1.54) is 57.3 Å². The first kappa shape index (κ1) is 20.3. The van der Waals surface area contributed by atoms with Crippen molar-refractivity contribution in [3.63, 3.8) is 0 Å². The van der Waals surface area contributed by atoms with Crippen LogP contribution in [0.5, 0.6) is 0 Å². The van der Waals surface area contributed by atoms with Gasteiger partial charge in [0.05, 0.1) is 0 Å². The first-order chi connectivity index (χ1) is 10.2. The van der Waals surface area contributed by atoms with Gasteiger partial charge in [-0.25, -0.2) is 0 Å². The Morgan fingerprint density at radius 3 is 1.67 bits per heavy atom. The van der Waals surface area contributed by atoms with Gasteiger partial charge in [0.15, 0.2) is 5.96 Å². The third-order valence-electron chi connectivity index (χ3n) is 3.80. The lowest BCUT2D eigenvalue weighted by Crippen LogP contribution is -2.44. The summed E-state index contributed by atoms with van der Waals surface area (Å²) in [5.74, 6) is 1.24. The van der Waals surface area contributed by atoms with Crippen LogP contribution in [0.1, 0.15) is 79.1 Å². The molecule has 0 amide bonds. The van der Waals surface area contributed by atoms with E-state index in [0.29, 0.717) is 0 Å². The molecule has 0 bridgehead atoms. The second kappa shape index (κ2) is 14.2. The average Bonchev–Trinajstić information content (AvgIpc) is 2.50. The van der Waals surface area contributed by atoms with Crippen LogP contribution in [0, 0.1) is 0 Å². The van der Waals surface area contributed by atoms with Crippen molar-refractivity contribution in [1.29, 1.82) is 0 Å². The largest absolute Gasteiger partial charge is 0.346 e. The standard InChI is InChI=1S/C18H39N3/c1-6-10-14-19-18(20(5)15-11-7-2)21(16-12-8-3)17-13-9-4/h6-17H2,1-5H3/b19-18+. The molecular weight excluding hydrogens is 258 g/mol. The summed E-state index contributed by atoms with van der Waals surface area (Å²) in [5.41, 5.74) is 0. The van der Waals surface area contributed by atoms with Crippen molar-refractivity contribution < 1.29 is 0 Å². The van der Waals surface area contributed by atoms with Crippen molar-refractivity contribution in [3.05, 3.63) is 0 Å². The lowest BCUT2D eigenvalue weighted by molar-refractivity contribution is 0.329. The molecule has 0 radical (unpaired) electrons. The molecule has 0 saturated heterocycles. The molecule has 0 unspecified atom stereocenters. The maximum absolute atomic E-state index is 4.94. The summed E-state index contributed by atoms with van der Waals surface area (Å²) in [7, 11) is 2.21. The van der Waals surface area contributed by atoms with Crippen LogP contribution in [-0.2, 0) is 0 Å². The minimum atomic E-state index is 0.969. The van der Waals surface area contributed by atoms with E-state index in [1.807, 2.05) is 0 Å². The fraction of sp³-hybridized carbons (Fsp3) is 0.944. The van der Waals surface area contributed by atoms with Crippen LogP contribution in [0.2, 0.25) is 0 Å². The zero-order valence-corrected chi connectivity index (χ0v) is 15.3. The van der Waals surface area contributed by atoms with Crippen molar-refractivity contribution in [2.45, 2.75) is 79.1 Å². The highest BCUT2D eigenvalue weighted by atomic mass is 15.4. The Balaban J connectivity index is 4.83. The summed E-state index contributed by atoms with van der Waals surface area (Å²) >= 11 is 0. The fourth-order valence-electron chi connectivity index (χ4n) is 2.30. The third-order valence-corrected chi connectivity index (χ3v) is 3.80. The molecule has 0 aromatic carbocycles. The number of nitrogens with zero attached hydrogens (tertiary/aromatic N) is 3. The molecule has 0 aliphatic heterocycles. The summed E-state index contributed by atoms with van der Waals surface area (Å²) in [4.78, 5) is 9.85. The molecule has 0 aliphatic carbocycles. The molecule has 3 nitrogen and oxygen atoms in total. The zero-order chi connectivity index (χ0) is 15.9. The van der Waals surface area contributed by atoms with Gasteiger partial charge in [-0.2, -0.15) is 0 Å². The molecule has 3 heteroatoms. The van der Waals surface area contributed by atoms with Crippen LogP contribution in [0.25, 0.3) is 0 Å². The molecule has 126 valence electrons. The molecule has 0 rings (SSSR count). The molecule has 0 aromatic rings. The lowest BCUT2D eigenvalue weighted by Gasteiger charge is -2.32. The summed E-state index contributed by atoms with van der Waals surface area (Å²) in [6, 6.07) is 0. The molecule has 21 heavy (non-hydrogen) atoms. The number of guanidine groups is 1. The van der Waals surface area contributed by atoms with Gasteiger partial charge in [0.2, 0.25) is 0 Å². The van der Waals surface area contributed by atoms with E-state index in [9.17, 15) is 0 Å². The first-order valence-corrected chi connectivity index (χ1v) is 9.21. The maximum atomic E-state index is 4.94. The van der Waals surface area contributed by atoms with Crippen LogP contribution >= 0.6 is 0 Å². The summed E-state index contributed by atoms with van der Waals surface area (Å²) in [6.45, 7) is 13.4. The fourth-order valence-corrected chi connectivity index (χ4v) is 2.30. The van der Waals surface area contributed by atoms with Crippen molar-refractivity contribution in [1.82, 2.24) is 9.80 Å². The Kier molecular flexibility index (Phi) is 13.7. The SMILES string of the molecule is CCCC/N=C(\N(C)CCCC)N(CCCC)CCCC. The summed E-state index contributed by atoms with van der Waals surface area (Å²) in [5, 5.41) is 0. The van der Waals surface area contributed by atoms with E-state index in [2.05, 4.69) is 44.5 Å².